The fraction of sp³-hybridized carbons (Fsp3) is 0.412. The van der Waals surface area contributed by atoms with Gasteiger partial charge in [0, 0.05) is 13.1 Å². The zero-order valence-corrected chi connectivity index (χ0v) is 15.0. The fourth-order valence-electron chi connectivity index (χ4n) is 2.39. The van der Waals surface area contributed by atoms with Gasteiger partial charge in [0.15, 0.2) is 5.82 Å². The minimum atomic E-state index is -0.896. The highest BCUT2D eigenvalue weighted by molar-refractivity contribution is 5.78. The van der Waals surface area contributed by atoms with E-state index in [1.54, 1.807) is 4.90 Å². The number of primary amides is 1. The SMILES string of the molecule is CCN(Cc1ccccc1)C(=O)N[C@@H](CC(N)=O)c1nc([C@H](N)CO)no1. The molecule has 0 saturated heterocycles. The number of hydrogen-bond donors (Lipinski definition) is 4. The second-order valence-electron chi connectivity index (χ2n) is 5.95. The topological polar surface area (TPSA) is 161 Å². The summed E-state index contributed by atoms with van der Waals surface area (Å²) in [6.45, 7) is 2.33. The molecule has 0 aliphatic carbocycles. The third kappa shape index (κ3) is 5.76. The quantitative estimate of drug-likeness (QED) is 0.486. The van der Waals surface area contributed by atoms with Crippen LogP contribution in [0.1, 0.15) is 42.7 Å². The molecule has 0 saturated carbocycles. The molecule has 1 aromatic heterocycles. The highest BCUT2D eigenvalue weighted by Gasteiger charge is 2.26. The van der Waals surface area contributed by atoms with Crippen molar-refractivity contribution in [3.8, 4) is 0 Å². The Kier molecular flexibility index (Phi) is 7.26. The molecule has 1 heterocycles. The molecule has 0 spiro atoms. The average Bonchev–Trinajstić information content (AvgIpc) is 3.15. The Morgan fingerprint density at radius 3 is 2.63 bits per heavy atom. The van der Waals surface area contributed by atoms with E-state index in [-0.39, 0.29) is 24.7 Å². The molecule has 10 nitrogen and oxygen atoms in total. The number of nitrogens with two attached hydrogens (primary N) is 2. The number of aliphatic hydroxyl groups is 1. The average molecular weight is 376 g/mol. The van der Waals surface area contributed by atoms with Crippen LogP contribution in [0, 0.1) is 0 Å². The summed E-state index contributed by atoms with van der Waals surface area (Å²) in [5, 5.41) is 15.4. The zero-order chi connectivity index (χ0) is 19.8. The maximum absolute atomic E-state index is 12.6. The van der Waals surface area contributed by atoms with Crippen LogP contribution in [0.4, 0.5) is 4.79 Å². The van der Waals surface area contributed by atoms with Crippen LogP contribution >= 0.6 is 0 Å². The summed E-state index contributed by atoms with van der Waals surface area (Å²) in [5.74, 6) is -0.567. The molecule has 0 unspecified atom stereocenters. The van der Waals surface area contributed by atoms with Gasteiger partial charge in [-0.25, -0.2) is 4.79 Å². The third-order valence-corrected chi connectivity index (χ3v) is 3.87. The van der Waals surface area contributed by atoms with Gasteiger partial charge in [-0.1, -0.05) is 35.5 Å². The van der Waals surface area contributed by atoms with Crippen LogP contribution in [-0.4, -0.2) is 45.2 Å². The van der Waals surface area contributed by atoms with Crippen molar-refractivity contribution in [3.05, 3.63) is 47.6 Å². The van der Waals surface area contributed by atoms with Crippen molar-refractivity contribution >= 4 is 11.9 Å². The van der Waals surface area contributed by atoms with Crippen molar-refractivity contribution in [1.82, 2.24) is 20.4 Å². The van der Waals surface area contributed by atoms with Crippen LogP contribution in [0.2, 0.25) is 0 Å². The van der Waals surface area contributed by atoms with E-state index >= 15 is 0 Å². The predicted molar refractivity (Wildman–Crippen MR) is 95.9 cm³/mol. The molecule has 27 heavy (non-hydrogen) atoms. The highest BCUT2D eigenvalue weighted by Crippen LogP contribution is 2.17. The predicted octanol–water partition coefficient (Wildman–Crippen LogP) is 0.210. The first-order chi connectivity index (χ1) is 12.9. The van der Waals surface area contributed by atoms with Gasteiger partial charge in [-0.15, -0.1) is 0 Å². The Morgan fingerprint density at radius 2 is 2.04 bits per heavy atom. The van der Waals surface area contributed by atoms with Crippen LogP contribution in [-0.2, 0) is 11.3 Å². The molecule has 146 valence electrons. The van der Waals surface area contributed by atoms with E-state index in [0.717, 1.165) is 5.56 Å². The lowest BCUT2D eigenvalue weighted by atomic mass is 10.2. The maximum Gasteiger partial charge on any atom is 0.318 e. The summed E-state index contributed by atoms with van der Waals surface area (Å²) in [6, 6.07) is 7.38. The summed E-state index contributed by atoms with van der Waals surface area (Å²) in [6.07, 6.45) is -0.218. The van der Waals surface area contributed by atoms with Crippen molar-refractivity contribution in [3.63, 3.8) is 0 Å². The van der Waals surface area contributed by atoms with Gasteiger partial charge in [0.1, 0.15) is 6.04 Å². The van der Waals surface area contributed by atoms with Crippen LogP contribution in [0.5, 0.6) is 0 Å². The molecule has 0 fully saturated rings. The molecule has 3 amide bonds. The number of nitrogens with one attached hydrogen (secondary N) is 1. The maximum atomic E-state index is 12.6. The Hall–Kier alpha value is -2.98. The van der Waals surface area contributed by atoms with Gasteiger partial charge in [-0.05, 0) is 12.5 Å². The number of nitrogens with zero attached hydrogens (tertiary/aromatic N) is 3. The number of carbonyl (C=O) groups is 2. The van der Waals surface area contributed by atoms with Crippen molar-refractivity contribution < 1.29 is 19.2 Å². The zero-order valence-electron chi connectivity index (χ0n) is 15.0. The van der Waals surface area contributed by atoms with Crippen molar-refractivity contribution in [1.29, 1.82) is 0 Å². The van der Waals surface area contributed by atoms with Crippen LogP contribution in [0.3, 0.4) is 0 Å². The lowest BCUT2D eigenvalue weighted by molar-refractivity contribution is -0.118. The molecular weight excluding hydrogens is 352 g/mol. The number of urea groups is 1. The summed E-state index contributed by atoms with van der Waals surface area (Å²) in [7, 11) is 0. The number of carbonyl (C=O) groups excluding carboxylic acids is 2. The normalized spacial score (nSPS) is 13.0. The number of rotatable bonds is 9. The van der Waals surface area contributed by atoms with Gasteiger partial charge in [-0.3, -0.25) is 4.79 Å². The Bertz CT molecular complexity index is 751. The molecule has 0 radical (unpaired) electrons. The second kappa shape index (κ2) is 9.64. The number of amides is 3. The summed E-state index contributed by atoms with van der Waals surface area (Å²) in [4.78, 5) is 29.7. The van der Waals surface area contributed by atoms with Crippen molar-refractivity contribution in [2.24, 2.45) is 11.5 Å². The molecule has 10 heteroatoms. The van der Waals surface area contributed by atoms with Crippen LogP contribution in [0.15, 0.2) is 34.9 Å². The van der Waals surface area contributed by atoms with Crippen molar-refractivity contribution in [2.45, 2.75) is 32.0 Å². The summed E-state index contributed by atoms with van der Waals surface area (Å²) < 4.78 is 5.09. The lowest BCUT2D eigenvalue weighted by Gasteiger charge is -2.24. The number of aliphatic hydroxyl groups excluding tert-OH is 1. The van der Waals surface area contributed by atoms with Gasteiger partial charge in [-0.2, -0.15) is 4.98 Å². The van der Waals surface area contributed by atoms with E-state index in [1.165, 1.54) is 0 Å². The van der Waals surface area contributed by atoms with Gasteiger partial charge < -0.3 is 31.3 Å². The van der Waals surface area contributed by atoms with Crippen LogP contribution < -0.4 is 16.8 Å². The van der Waals surface area contributed by atoms with E-state index < -0.39 is 24.0 Å². The van der Waals surface area contributed by atoms with Crippen molar-refractivity contribution in [2.75, 3.05) is 13.2 Å². The smallest absolute Gasteiger partial charge is 0.318 e. The molecule has 1 aromatic carbocycles. The van der Waals surface area contributed by atoms with Gasteiger partial charge in [0.05, 0.1) is 19.1 Å². The molecule has 0 bridgehead atoms. The fourth-order valence-corrected chi connectivity index (χ4v) is 2.39. The molecule has 2 rings (SSSR count). The first kappa shape index (κ1) is 20.3. The molecule has 0 aliphatic heterocycles. The minimum Gasteiger partial charge on any atom is -0.394 e. The van der Waals surface area contributed by atoms with E-state index in [0.29, 0.717) is 13.1 Å². The first-order valence-corrected chi connectivity index (χ1v) is 8.52. The Morgan fingerprint density at radius 1 is 1.33 bits per heavy atom. The molecular formula is C17H24N6O4. The van der Waals surface area contributed by atoms with E-state index in [4.69, 9.17) is 21.1 Å². The number of aromatic nitrogens is 2. The standard InChI is InChI=1S/C17H24N6O4/c1-2-23(9-11-6-4-3-5-7-11)17(26)20-13(8-14(19)25)16-21-15(22-27-16)12(18)10-24/h3-7,12-13,24H,2,8-10,18H2,1H3,(H2,19,25)(H,20,26)/t12-,13+/m1/s1. The van der Waals surface area contributed by atoms with E-state index in [1.807, 2.05) is 37.3 Å². The molecule has 2 atom stereocenters. The highest BCUT2D eigenvalue weighted by atomic mass is 16.5. The van der Waals surface area contributed by atoms with Crippen LogP contribution in [0.25, 0.3) is 0 Å². The first-order valence-electron chi connectivity index (χ1n) is 8.52. The summed E-state index contributed by atoms with van der Waals surface area (Å²) >= 11 is 0. The van der Waals surface area contributed by atoms with E-state index in [9.17, 15) is 9.59 Å². The summed E-state index contributed by atoms with van der Waals surface area (Å²) in [5.41, 5.74) is 11.9. The molecule has 2 aromatic rings. The third-order valence-electron chi connectivity index (χ3n) is 3.87. The van der Waals surface area contributed by atoms with Gasteiger partial charge in [0.25, 0.3) is 0 Å². The van der Waals surface area contributed by atoms with Gasteiger partial charge >= 0.3 is 6.03 Å². The Labute approximate surface area is 156 Å². The van der Waals surface area contributed by atoms with Gasteiger partial charge in [0.2, 0.25) is 11.8 Å². The Balaban J connectivity index is 2.12. The number of hydrogen-bond acceptors (Lipinski definition) is 7. The monoisotopic (exact) mass is 376 g/mol. The largest absolute Gasteiger partial charge is 0.394 e. The van der Waals surface area contributed by atoms with E-state index in [2.05, 4.69) is 15.5 Å². The lowest BCUT2D eigenvalue weighted by Crippen LogP contribution is -2.42. The molecule has 6 N–H and O–H groups in total. The number of benzene rings is 1. The minimum absolute atomic E-state index is 0.00295. The molecule has 0 aliphatic rings. The second-order valence-corrected chi connectivity index (χ2v) is 5.95.